The van der Waals surface area contributed by atoms with Gasteiger partial charge in [-0.2, -0.15) is 18.3 Å². The number of hydrazone groups is 1. The molecule has 0 aliphatic carbocycles. The smallest absolute Gasteiger partial charge is 0.271 e. The third kappa shape index (κ3) is 6.20. The summed E-state index contributed by atoms with van der Waals surface area (Å²) in [6, 6.07) is 17.9. The Labute approximate surface area is 196 Å². The van der Waals surface area contributed by atoms with E-state index in [0.717, 1.165) is 16.6 Å². The maximum Gasteiger partial charge on any atom is 0.416 e. The second kappa shape index (κ2) is 10.2. The highest BCUT2D eigenvalue weighted by atomic mass is 79.9. The van der Waals surface area contributed by atoms with Gasteiger partial charge in [-0.05, 0) is 36.4 Å². The average molecular weight is 540 g/mol. The zero-order chi connectivity index (χ0) is 24.1. The number of carbonyl (C=O) groups is 1. The van der Waals surface area contributed by atoms with Crippen LogP contribution in [0.1, 0.15) is 11.1 Å². The van der Waals surface area contributed by atoms with Crippen molar-refractivity contribution in [3.05, 3.63) is 94.5 Å². The Morgan fingerprint density at radius 2 is 1.67 bits per heavy atom. The van der Waals surface area contributed by atoms with Gasteiger partial charge in [-0.15, -0.1) is 0 Å². The number of rotatable bonds is 7. The minimum atomic E-state index is -4.69. The molecule has 0 fully saturated rings. The van der Waals surface area contributed by atoms with E-state index in [4.69, 9.17) is 0 Å². The predicted octanol–water partition coefficient (Wildman–Crippen LogP) is 4.81. The van der Waals surface area contributed by atoms with Gasteiger partial charge in [-0.25, -0.2) is 13.8 Å². The molecule has 11 heteroatoms. The number of sulfonamides is 1. The lowest BCUT2D eigenvalue weighted by Gasteiger charge is -2.24. The molecule has 0 radical (unpaired) electrons. The van der Waals surface area contributed by atoms with E-state index >= 15 is 0 Å². The van der Waals surface area contributed by atoms with E-state index in [0.29, 0.717) is 15.9 Å². The van der Waals surface area contributed by atoms with Gasteiger partial charge < -0.3 is 0 Å². The van der Waals surface area contributed by atoms with E-state index in [-0.39, 0.29) is 10.6 Å². The molecule has 0 spiro atoms. The summed E-state index contributed by atoms with van der Waals surface area (Å²) in [6.07, 6.45) is -3.34. The molecule has 0 bridgehead atoms. The molecular weight excluding hydrogens is 523 g/mol. The fourth-order valence-electron chi connectivity index (χ4n) is 2.79. The molecule has 0 aliphatic rings. The van der Waals surface area contributed by atoms with Gasteiger partial charge in [0, 0.05) is 10.0 Å². The lowest BCUT2D eigenvalue weighted by molar-refractivity contribution is -0.137. The van der Waals surface area contributed by atoms with E-state index in [1.54, 1.807) is 30.3 Å². The molecule has 0 aromatic heterocycles. The summed E-state index contributed by atoms with van der Waals surface area (Å²) >= 11 is 3.33. The summed E-state index contributed by atoms with van der Waals surface area (Å²) < 4.78 is 67.3. The highest BCUT2D eigenvalue weighted by Crippen LogP contribution is 2.33. The first-order valence-electron chi connectivity index (χ1n) is 9.40. The van der Waals surface area contributed by atoms with Gasteiger partial charge in [0.25, 0.3) is 15.9 Å². The monoisotopic (exact) mass is 539 g/mol. The molecule has 1 N–H and O–H groups in total. The van der Waals surface area contributed by atoms with E-state index < -0.39 is 34.2 Å². The normalized spacial score (nSPS) is 12.0. The first kappa shape index (κ1) is 24.5. The molecule has 0 aliphatic heterocycles. The lowest BCUT2D eigenvalue weighted by Crippen LogP contribution is -2.39. The number of nitrogens with zero attached hydrogens (tertiary/aromatic N) is 2. The third-order valence-electron chi connectivity index (χ3n) is 4.38. The van der Waals surface area contributed by atoms with Crippen LogP contribution in [0.25, 0.3) is 0 Å². The number of hydrogen-bond acceptors (Lipinski definition) is 4. The molecule has 3 rings (SSSR count). The van der Waals surface area contributed by atoms with Gasteiger partial charge in [-0.1, -0.05) is 58.4 Å². The summed E-state index contributed by atoms with van der Waals surface area (Å²) in [5, 5.41) is 3.80. The second-order valence-corrected chi connectivity index (χ2v) is 9.40. The Bertz CT molecular complexity index is 1270. The molecule has 0 atom stereocenters. The van der Waals surface area contributed by atoms with Gasteiger partial charge in [0.1, 0.15) is 6.54 Å². The van der Waals surface area contributed by atoms with Gasteiger partial charge in [0.05, 0.1) is 22.4 Å². The fraction of sp³-hybridized carbons (Fsp3) is 0.0909. The summed E-state index contributed by atoms with van der Waals surface area (Å²) in [5.74, 6) is -0.838. The van der Waals surface area contributed by atoms with Crippen molar-refractivity contribution in [2.24, 2.45) is 5.10 Å². The molecule has 6 nitrogen and oxygen atoms in total. The molecule has 0 saturated heterocycles. The molecule has 3 aromatic rings. The van der Waals surface area contributed by atoms with Crippen molar-refractivity contribution in [3.8, 4) is 0 Å². The number of halogens is 4. The highest BCUT2D eigenvalue weighted by Gasteiger charge is 2.33. The minimum Gasteiger partial charge on any atom is -0.271 e. The number of hydrogen-bond donors (Lipinski definition) is 1. The first-order valence-corrected chi connectivity index (χ1v) is 11.6. The topological polar surface area (TPSA) is 78.8 Å². The van der Waals surface area contributed by atoms with E-state index in [9.17, 15) is 26.4 Å². The number of alkyl halides is 3. The Hall–Kier alpha value is -3.18. The SMILES string of the molecule is O=C(CN(c1cccc(C(F)(F)F)c1)S(=O)(=O)c1ccccc1)N/N=C\c1ccccc1Br. The van der Waals surface area contributed by atoms with Crippen molar-refractivity contribution >= 4 is 43.8 Å². The van der Waals surface area contributed by atoms with E-state index in [1.807, 2.05) is 0 Å². The molecule has 0 heterocycles. The molecule has 0 unspecified atom stereocenters. The van der Waals surface area contributed by atoms with Crippen molar-refractivity contribution < 1.29 is 26.4 Å². The van der Waals surface area contributed by atoms with Crippen LogP contribution in [-0.4, -0.2) is 27.1 Å². The van der Waals surface area contributed by atoms with Crippen LogP contribution in [0.2, 0.25) is 0 Å². The molecule has 3 aromatic carbocycles. The van der Waals surface area contributed by atoms with Crippen LogP contribution in [-0.2, 0) is 21.0 Å². The summed E-state index contributed by atoms with van der Waals surface area (Å²) in [6.45, 7) is -0.786. The quantitative estimate of drug-likeness (QED) is 0.345. The Kier molecular flexibility index (Phi) is 7.54. The molecule has 1 amide bonds. The van der Waals surface area contributed by atoms with Crippen molar-refractivity contribution in [2.45, 2.75) is 11.1 Å². The number of anilines is 1. The van der Waals surface area contributed by atoms with Gasteiger partial charge >= 0.3 is 6.18 Å². The van der Waals surface area contributed by atoms with E-state index in [2.05, 4.69) is 26.5 Å². The maximum atomic E-state index is 13.2. The van der Waals surface area contributed by atoms with Gasteiger partial charge in [0.2, 0.25) is 0 Å². The molecule has 33 heavy (non-hydrogen) atoms. The molecular formula is C22H17BrF3N3O3S. The largest absolute Gasteiger partial charge is 0.416 e. The van der Waals surface area contributed by atoms with Crippen molar-refractivity contribution in [3.63, 3.8) is 0 Å². The minimum absolute atomic E-state index is 0.174. The summed E-state index contributed by atoms with van der Waals surface area (Å²) in [7, 11) is -4.35. The van der Waals surface area contributed by atoms with Gasteiger partial charge in [-0.3, -0.25) is 9.10 Å². The van der Waals surface area contributed by atoms with Crippen LogP contribution in [0.5, 0.6) is 0 Å². The van der Waals surface area contributed by atoms with Crippen molar-refractivity contribution in [1.29, 1.82) is 0 Å². The maximum absolute atomic E-state index is 13.2. The first-order chi connectivity index (χ1) is 15.6. The van der Waals surface area contributed by atoms with Crippen LogP contribution in [0.3, 0.4) is 0 Å². The average Bonchev–Trinajstić information content (AvgIpc) is 2.79. The number of carbonyl (C=O) groups excluding carboxylic acids is 1. The standard InChI is InChI=1S/C22H17BrF3N3O3S/c23-20-12-5-4-7-16(20)14-27-28-21(30)15-29(33(31,32)19-10-2-1-3-11-19)18-9-6-8-17(13-18)22(24,25)26/h1-14H,15H2,(H,28,30)/b27-14-. The lowest BCUT2D eigenvalue weighted by atomic mass is 10.2. The summed E-state index contributed by atoms with van der Waals surface area (Å²) in [5.41, 5.74) is 1.52. The van der Waals surface area contributed by atoms with Crippen molar-refractivity contribution in [1.82, 2.24) is 5.43 Å². The Morgan fingerprint density at radius 1 is 1.00 bits per heavy atom. The van der Waals surface area contributed by atoms with Crippen molar-refractivity contribution in [2.75, 3.05) is 10.8 Å². The Morgan fingerprint density at radius 3 is 2.33 bits per heavy atom. The number of benzene rings is 3. The van der Waals surface area contributed by atoms with E-state index in [1.165, 1.54) is 36.5 Å². The van der Waals surface area contributed by atoms with Crippen LogP contribution >= 0.6 is 15.9 Å². The van der Waals surface area contributed by atoms with Crippen LogP contribution in [0.4, 0.5) is 18.9 Å². The van der Waals surface area contributed by atoms with Crippen LogP contribution in [0, 0.1) is 0 Å². The van der Waals surface area contributed by atoms with Crippen LogP contribution in [0.15, 0.2) is 93.3 Å². The highest BCUT2D eigenvalue weighted by molar-refractivity contribution is 9.10. The van der Waals surface area contributed by atoms with Crippen LogP contribution < -0.4 is 9.73 Å². The fourth-order valence-corrected chi connectivity index (χ4v) is 4.61. The number of nitrogens with one attached hydrogen (secondary N) is 1. The summed E-state index contributed by atoms with van der Waals surface area (Å²) in [4.78, 5) is 12.3. The Balaban J connectivity index is 1.91. The predicted molar refractivity (Wildman–Crippen MR) is 122 cm³/mol. The molecule has 172 valence electrons. The third-order valence-corrected chi connectivity index (χ3v) is 6.89. The number of amides is 1. The zero-order valence-electron chi connectivity index (χ0n) is 16.8. The molecule has 0 saturated carbocycles. The zero-order valence-corrected chi connectivity index (χ0v) is 19.2. The van der Waals surface area contributed by atoms with Gasteiger partial charge in [0.15, 0.2) is 0 Å². The second-order valence-electron chi connectivity index (χ2n) is 6.69.